The summed E-state index contributed by atoms with van der Waals surface area (Å²) in [5.74, 6) is -0.643. The predicted molar refractivity (Wildman–Crippen MR) is 109 cm³/mol. The number of rotatable bonds is 7. The number of ether oxygens (including phenoxy) is 1. The SMILES string of the molecule is CCCCn1nc(C(=O)NCc2ccc(N3CCOCC3)cc2C(F)(F)F)ccc1=O. The molecule has 1 aliphatic heterocycles. The second-order valence-corrected chi connectivity index (χ2v) is 7.25. The summed E-state index contributed by atoms with van der Waals surface area (Å²) in [5.41, 5.74) is -0.720. The van der Waals surface area contributed by atoms with E-state index < -0.39 is 17.6 Å². The number of aromatic nitrogens is 2. The van der Waals surface area contributed by atoms with Crippen molar-refractivity contribution in [2.24, 2.45) is 0 Å². The Balaban J connectivity index is 1.76. The lowest BCUT2D eigenvalue weighted by Gasteiger charge is -2.29. The van der Waals surface area contributed by atoms with Gasteiger partial charge >= 0.3 is 6.18 Å². The van der Waals surface area contributed by atoms with Gasteiger partial charge in [-0.1, -0.05) is 19.4 Å². The molecule has 7 nitrogen and oxygen atoms in total. The Morgan fingerprint density at radius 2 is 1.94 bits per heavy atom. The van der Waals surface area contributed by atoms with Crippen LogP contribution in [0.5, 0.6) is 0 Å². The molecular weight excluding hydrogens is 413 g/mol. The van der Waals surface area contributed by atoms with Crippen LogP contribution < -0.4 is 15.8 Å². The Morgan fingerprint density at radius 1 is 1.19 bits per heavy atom. The summed E-state index contributed by atoms with van der Waals surface area (Å²) in [4.78, 5) is 26.1. The monoisotopic (exact) mass is 438 g/mol. The molecule has 1 aliphatic rings. The third-order valence-corrected chi connectivity index (χ3v) is 5.04. The van der Waals surface area contributed by atoms with E-state index in [1.165, 1.54) is 22.9 Å². The highest BCUT2D eigenvalue weighted by molar-refractivity contribution is 5.92. The fraction of sp³-hybridized carbons (Fsp3) is 0.476. The van der Waals surface area contributed by atoms with Crippen LogP contribution in [0, 0.1) is 0 Å². The van der Waals surface area contributed by atoms with E-state index in [0.717, 1.165) is 18.9 Å². The Hall–Kier alpha value is -2.88. The van der Waals surface area contributed by atoms with Crippen molar-refractivity contribution < 1.29 is 22.7 Å². The van der Waals surface area contributed by atoms with Gasteiger partial charge in [-0.25, -0.2) is 4.68 Å². The molecular formula is C21H25F3N4O3. The minimum atomic E-state index is -4.56. The largest absolute Gasteiger partial charge is 0.416 e. The summed E-state index contributed by atoms with van der Waals surface area (Å²) in [6.07, 6.45) is -2.98. The van der Waals surface area contributed by atoms with Crippen molar-refractivity contribution in [2.45, 2.75) is 39.0 Å². The van der Waals surface area contributed by atoms with Crippen molar-refractivity contribution in [3.63, 3.8) is 0 Å². The number of alkyl halides is 3. The van der Waals surface area contributed by atoms with Gasteiger partial charge < -0.3 is 15.0 Å². The number of nitrogens with one attached hydrogen (secondary N) is 1. The molecule has 1 aromatic heterocycles. The fourth-order valence-corrected chi connectivity index (χ4v) is 3.30. The van der Waals surface area contributed by atoms with E-state index in [4.69, 9.17) is 4.74 Å². The van der Waals surface area contributed by atoms with Gasteiger partial charge in [0.2, 0.25) is 0 Å². The highest BCUT2D eigenvalue weighted by Crippen LogP contribution is 2.35. The number of hydrogen-bond acceptors (Lipinski definition) is 5. The van der Waals surface area contributed by atoms with Gasteiger partial charge in [0.05, 0.1) is 18.8 Å². The number of benzene rings is 1. The number of nitrogens with zero attached hydrogens (tertiary/aromatic N) is 3. The van der Waals surface area contributed by atoms with E-state index in [0.29, 0.717) is 38.5 Å². The number of halogens is 3. The van der Waals surface area contributed by atoms with Gasteiger partial charge in [-0.15, -0.1) is 0 Å². The molecule has 1 saturated heterocycles. The molecule has 2 heterocycles. The van der Waals surface area contributed by atoms with Crippen LogP contribution in [0.4, 0.5) is 18.9 Å². The molecule has 1 amide bonds. The maximum absolute atomic E-state index is 13.7. The number of unbranched alkanes of at least 4 members (excludes halogenated alkanes) is 1. The van der Waals surface area contributed by atoms with Crippen LogP contribution >= 0.6 is 0 Å². The van der Waals surface area contributed by atoms with Crippen LogP contribution in [-0.4, -0.2) is 42.0 Å². The molecule has 2 aromatic rings. The third kappa shape index (κ3) is 5.84. The first-order valence-corrected chi connectivity index (χ1v) is 10.2. The quantitative estimate of drug-likeness (QED) is 0.720. The first-order chi connectivity index (χ1) is 14.8. The van der Waals surface area contributed by atoms with Gasteiger partial charge in [0, 0.05) is 37.9 Å². The van der Waals surface area contributed by atoms with Gasteiger partial charge in [-0.2, -0.15) is 18.3 Å². The second kappa shape index (κ2) is 9.95. The van der Waals surface area contributed by atoms with Gasteiger partial charge in [0.25, 0.3) is 11.5 Å². The number of hydrogen-bond donors (Lipinski definition) is 1. The summed E-state index contributed by atoms with van der Waals surface area (Å²) in [6.45, 7) is 3.99. The first kappa shape index (κ1) is 22.8. The van der Waals surface area contributed by atoms with Crippen molar-refractivity contribution in [1.29, 1.82) is 0 Å². The molecule has 3 rings (SSSR count). The van der Waals surface area contributed by atoms with Gasteiger partial charge in [0.15, 0.2) is 0 Å². The highest BCUT2D eigenvalue weighted by atomic mass is 19.4. The molecule has 1 N–H and O–H groups in total. The lowest BCUT2D eigenvalue weighted by Crippen LogP contribution is -2.36. The van der Waals surface area contributed by atoms with E-state index in [2.05, 4.69) is 10.4 Å². The summed E-state index contributed by atoms with van der Waals surface area (Å²) in [7, 11) is 0. The third-order valence-electron chi connectivity index (χ3n) is 5.04. The molecule has 0 atom stereocenters. The topological polar surface area (TPSA) is 76.5 Å². The van der Waals surface area contributed by atoms with E-state index in [1.807, 2.05) is 11.8 Å². The number of amides is 1. The Kier molecular flexibility index (Phi) is 7.32. The number of anilines is 1. The molecule has 0 spiro atoms. The van der Waals surface area contributed by atoms with Crippen LogP contribution in [0.3, 0.4) is 0 Å². The molecule has 0 saturated carbocycles. The summed E-state index contributed by atoms with van der Waals surface area (Å²) < 4.78 is 47.4. The molecule has 0 aliphatic carbocycles. The van der Waals surface area contributed by atoms with Crippen LogP contribution in [0.1, 0.15) is 41.4 Å². The van der Waals surface area contributed by atoms with E-state index in [1.54, 1.807) is 6.07 Å². The smallest absolute Gasteiger partial charge is 0.378 e. The number of carbonyl (C=O) groups is 1. The first-order valence-electron chi connectivity index (χ1n) is 10.2. The number of carbonyl (C=O) groups excluding carboxylic acids is 1. The predicted octanol–water partition coefficient (Wildman–Crippen LogP) is 2.83. The van der Waals surface area contributed by atoms with Crippen LogP contribution in [0.2, 0.25) is 0 Å². The zero-order chi connectivity index (χ0) is 22.4. The zero-order valence-corrected chi connectivity index (χ0v) is 17.2. The molecule has 168 valence electrons. The molecule has 31 heavy (non-hydrogen) atoms. The summed E-state index contributed by atoms with van der Waals surface area (Å²) in [5, 5.41) is 6.50. The Bertz CT molecular complexity index is 969. The molecule has 10 heteroatoms. The minimum absolute atomic E-state index is 0.0193. The van der Waals surface area contributed by atoms with E-state index >= 15 is 0 Å². The van der Waals surface area contributed by atoms with Crippen molar-refractivity contribution in [2.75, 3.05) is 31.2 Å². The van der Waals surface area contributed by atoms with Gasteiger partial charge in [-0.3, -0.25) is 9.59 Å². The van der Waals surface area contributed by atoms with Crippen molar-refractivity contribution in [1.82, 2.24) is 15.1 Å². The average Bonchev–Trinajstić information content (AvgIpc) is 2.76. The fourth-order valence-electron chi connectivity index (χ4n) is 3.30. The average molecular weight is 438 g/mol. The lowest BCUT2D eigenvalue weighted by atomic mass is 10.0. The molecule has 0 bridgehead atoms. The maximum atomic E-state index is 13.7. The van der Waals surface area contributed by atoms with Crippen LogP contribution in [0.25, 0.3) is 0 Å². The number of morpholine rings is 1. The zero-order valence-electron chi connectivity index (χ0n) is 17.2. The molecule has 0 unspecified atom stereocenters. The highest BCUT2D eigenvalue weighted by Gasteiger charge is 2.34. The van der Waals surface area contributed by atoms with E-state index in [-0.39, 0.29) is 23.4 Å². The Labute approximate surface area is 177 Å². The molecule has 1 aromatic carbocycles. The number of aryl methyl sites for hydroxylation is 1. The normalized spacial score (nSPS) is 14.5. The van der Waals surface area contributed by atoms with Gasteiger partial charge in [-0.05, 0) is 30.2 Å². The second-order valence-electron chi connectivity index (χ2n) is 7.25. The molecule has 0 radical (unpaired) electrons. The Morgan fingerprint density at radius 3 is 2.61 bits per heavy atom. The van der Waals surface area contributed by atoms with Crippen molar-refractivity contribution >= 4 is 11.6 Å². The lowest BCUT2D eigenvalue weighted by molar-refractivity contribution is -0.138. The van der Waals surface area contributed by atoms with E-state index in [9.17, 15) is 22.8 Å². The minimum Gasteiger partial charge on any atom is -0.378 e. The summed E-state index contributed by atoms with van der Waals surface area (Å²) in [6, 6.07) is 6.60. The van der Waals surface area contributed by atoms with Gasteiger partial charge in [0.1, 0.15) is 5.69 Å². The standard InChI is InChI=1S/C21H25F3N4O3/c1-2-3-8-28-19(29)7-6-18(26-28)20(30)25-14-15-4-5-16(13-17(15)21(22,23)24)27-9-11-31-12-10-27/h4-7,13H,2-3,8-12,14H2,1H3,(H,25,30). The van der Waals surface area contributed by atoms with Crippen molar-refractivity contribution in [3.05, 3.63) is 57.5 Å². The van der Waals surface area contributed by atoms with Crippen LogP contribution in [0.15, 0.2) is 35.1 Å². The maximum Gasteiger partial charge on any atom is 0.416 e. The van der Waals surface area contributed by atoms with Crippen LogP contribution in [-0.2, 0) is 24.0 Å². The van der Waals surface area contributed by atoms with Crippen molar-refractivity contribution in [3.8, 4) is 0 Å². The molecule has 1 fully saturated rings. The summed E-state index contributed by atoms with van der Waals surface area (Å²) >= 11 is 0.